The summed E-state index contributed by atoms with van der Waals surface area (Å²) in [6.07, 6.45) is -6.50. The van der Waals surface area contributed by atoms with Gasteiger partial charge < -0.3 is 4.90 Å². The van der Waals surface area contributed by atoms with E-state index >= 15 is 0 Å². The lowest BCUT2D eigenvalue weighted by molar-refractivity contribution is -0.872. The highest BCUT2D eigenvalue weighted by Crippen LogP contribution is 2.40. The summed E-state index contributed by atoms with van der Waals surface area (Å²) in [5.74, 6) is -3.48. The monoisotopic (exact) mass is 616 g/mol. The number of hydrogen-bond donors (Lipinski definition) is 0. The maximum absolute atomic E-state index is 13.4. The van der Waals surface area contributed by atoms with Gasteiger partial charge in [0, 0.05) is 18.7 Å². The van der Waals surface area contributed by atoms with Crippen molar-refractivity contribution in [3.8, 4) is 11.1 Å². The van der Waals surface area contributed by atoms with Gasteiger partial charge in [-0.1, -0.05) is 23.2 Å². The minimum Gasteiger partial charge on any atom is -0.312 e. The van der Waals surface area contributed by atoms with Crippen LogP contribution in [0.2, 0.25) is 0 Å². The number of carbonyl (C=O) groups is 2. The highest BCUT2D eigenvalue weighted by Gasteiger charge is 2.46. The molecule has 1 aliphatic rings. The fourth-order valence-corrected chi connectivity index (χ4v) is 6.41. The van der Waals surface area contributed by atoms with Crippen LogP contribution in [0.25, 0.3) is 11.1 Å². The quantitative estimate of drug-likeness (QED) is 0.298. The van der Waals surface area contributed by atoms with Crippen molar-refractivity contribution in [3.63, 3.8) is 0 Å². The van der Waals surface area contributed by atoms with Crippen LogP contribution in [0.5, 0.6) is 0 Å². The minimum atomic E-state index is -5.19. The van der Waals surface area contributed by atoms with Gasteiger partial charge in [0.25, 0.3) is 0 Å². The third kappa shape index (κ3) is 6.25. The van der Waals surface area contributed by atoms with Crippen molar-refractivity contribution < 1.29 is 53.9 Å². The molecule has 2 heterocycles. The Bertz CT molecular complexity index is 1610. The molecular formula is C27H24F6N3O5S+. The Kier molecular flexibility index (Phi) is 8.10. The number of benzene rings is 2. The maximum atomic E-state index is 13.4. The lowest BCUT2D eigenvalue weighted by Crippen LogP contribution is -2.50. The van der Waals surface area contributed by atoms with Crippen LogP contribution in [0, 0.1) is 5.92 Å². The molecule has 2 aromatic carbocycles. The molecule has 15 heteroatoms. The zero-order valence-electron chi connectivity index (χ0n) is 22.1. The van der Waals surface area contributed by atoms with Gasteiger partial charge in [-0.2, -0.15) is 26.3 Å². The number of rotatable bonds is 6. The molecule has 0 saturated carbocycles. The summed E-state index contributed by atoms with van der Waals surface area (Å²) in [7, 11) is -4.25. The number of nitrogens with zero attached hydrogens (tertiary/aromatic N) is 3. The summed E-state index contributed by atoms with van der Waals surface area (Å²) in [4.78, 5) is 33.2. The summed E-state index contributed by atoms with van der Waals surface area (Å²) in [5.41, 5.74) is 0.183. The fourth-order valence-electron chi connectivity index (χ4n) is 4.63. The van der Waals surface area contributed by atoms with Crippen LogP contribution >= 0.6 is 0 Å². The normalized spacial score (nSPS) is 16.8. The number of carbonyl (C=O) groups excluding carboxylic acids is 2. The first kappa shape index (κ1) is 30.9. The molecule has 0 spiro atoms. The summed E-state index contributed by atoms with van der Waals surface area (Å²) < 4.78 is 103. The lowest BCUT2D eigenvalue weighted by atomic mass is 9.85. The molecule has 0 unspecified atom stereocenters. The Morgan fingerprint density at radius 2 is 1.69 bits per heavy atom. The molecule has 224 valence electrons. The van der Waals surface area contributed by atoms with Crippen molar-refractivity contribution in [2.24, 2.45) is 5.92 Å². The number of piperidine rings is 1. The van der Waals surface area contributed by atoms with Crippen LogP contribution in [0.1, 0.15) is 32.3 Å². The van der Waals surface area contributed by atoms with Gasteiger partial charge in [-0.25, -0.2) is 18.0 Å². The van der Waals surface area contributed by atoms with Gasteiger partial charge in [-0.3, -0.25) is 4.79 Å². The highest BCUT2D eigenvalue weighted by atomic mass is 32.2. The highest BCUT2D eigenvalue weighted by molar-refractivity contribution is 7.92. The van der Waals surface area contributed by atoms with Crippen molar-refractivity contribution in [1.82, 2.24) is 4.98 Å². The average molecular weight is 617 g/mol. The van der Waals surface area contributed by atoms with E-state index < -0.39 is 49.3 Å². The number of sulfone groups is 1. The molecule has 3 aromatic rings. The molecule has 1 aliphatic heterocycles. The average Bonchev–Trinajstić information content (AvgIpc) is 2.92. The molecule has 1 amide bonds. The minimum absolute atomic E-state index is 0.144. The van der Waals surface area contributed by atoms with Gasteiger partial charge >= 0.3 is 24.6 Å². The summed E-state index contributed by atoms with van der Waals surface area (Å²) in [6.45, 7) is 2.94. The van der Waals surface area contributed by atoms with E-state index in [2.05, 4.69) is 9.82 Å². The van der Waals surface area contributed by atoms with Crippen molar-refractivity contribution in [1.29, 1.82) is 0 Å². The molecule has 1 saturated heterocycles. The second-order valence-electron chi connectivity index (χ2n) is 10.1. The number of hydrogen-bond acceptors (Lipinski definition) is 6. The van der Waals surface area contributed by atoms with Gasteiger partial charge in [-0.15, -0.1) is 0 Å². The third-order valence-electron chi connectivity index (χ3n) is 7.16. The first-order valence-electron chi connectivity index (χ1n) is 12.4. The van der Waals surface area contributed by atoms with Crippen molar-refractivity contribution in [2.45, 2.75) is 48.7 Å². The van der Waals surface area contributed by atoms with Crippen LogP contribution < -0.4 is 14.5 Å². The van der Waals surface area contributed by atoms with E-state index in [0.717, 1.165) is 30.7 Å². The van der Waals surface area contributed by atoms with Crippen LogP contribution in [0.3, 0.4) is 0 Å². The Morgan fingerprint density at radius 3 is 2.29 bits per heavy atom. The number of alkyl halides is 6. The van der Waals surface area contributed by atoms with E-state index in [1.807, 2.05) is 0 Å². The van der Waals surface area contributed by atoms with E-state index in [1.54, 1.807) is 24.3 Å². The summed E-state index contributed by atoms with van der Waals surface area (Å²) in [5, 5.41) is 0. The number of anilines is 1. The van der Waals surface area contributed by atoms with Crippen molar-refractivity contribution in [2.75, 3.05) is 11.4 Å². The molecule has 1 aromatic heterocycles. The first-order chi connectivity index (χ1) is 19.4. The number of aromatic nitrogens is 2. The van der Waals surface area contributed by atoms with Crippen LogP contribution in [0.4, 0.5) is 32.0 Å². The molecule has 0 radical (unpaired) electrons. The van der Waals surface area contributed by atoms with Crippen LogP contribution in [-0.2, 0) is 25.6 Å². The first-order valence-corrected chi connectivity index (χ1v) is 13.9. The van der Waals surface area contributed by atoms with Crippen LogP contribution in [0.15, 0.2) is 72.1 Å². The fraction of sp³-hybridized carbons (Fsp3) is 0.333. The summed E-state index contributed by atoms with van der Waals surface area (Å²) in [6, 6.07) is 9.83. The predicted molar refractivity (Wildman–Crippen MR) is 135 cm³/mol. The molecule has 42 heavy (non-hydrogen) atoms. The molecule has 0 aliphatic carbocycles. The van der Waals surface area contributed by atoms with Crippen molar-refractivity contribution >= 4 is 27.4 Å². The van der Waals surface area contributed by atoms with E-state index in [1.165, 1.54) is 24.9 Å². The van der Waals surface area contributed by atoms with Crippen molar-refractivity contribution in [3.05, 3.63) is 72.8 Å². The molecule has 4 rings (SSSR count). The molecule has 0 bridgehead atoms. The molecule has 1 atom stereocenters. The predicted octanol–water partition coefficient (Wildman–Crippen LogP) is 4.57. The van der Waals surface area contributed by atoms with E-state index in [4.69, 9.17) is 0 Å². The second kappa shape index (κ2) is 11.0. The number of amides is 1. The van der Waals surface area contributed by atoms with Crippen LogP contribution in [-0.4, -0.2) is 42.7 Å². The van der Waals surface area contributed by atoms with Gasteiger partial charge in [-0.05, 0) is 66.8 Å². The van der Waals surface area contributed by atoms with Gasteiger partial charge in [0.05, 0.1) is 20.8 Å². The zero-order chi connectivity index (χ0) is 31.1. The molecular weight excluding hydrogens is 592 g/mol. The Hall–Kier alpha value is -4.01. The Labute approximate surface area is 236 Å². The smallest absolute Gasteiger partial charge is 0.312 e. The lowest BCUT2D eigenvalue weighted by Gasteiger charge is -2.39. The molecule has 8 nitrogen and oxygen atoms in total. The van der Waals surface area contributed by atoms with E-state index in [0.29, 0.717) is 27.6 Å². The standard InChI is InChI=1S/C27H24F6N3O5S/c1-25(2,42(39,40)22-5-3-4-20(12-22)26(28,29)30)19-10-11-36(23(37)13-19)21-8-6-17(7-9-21)18-14-34-16-35(15-18)41-24(38)27(31,32)33/h3-9,12,14-16,19H,10-11,13H2,1-2H3/q+1/t19-/m1/s1. The van der Waals surface area contributed by atoms with Gasteiger partial charge in [0.1, 0.15) is 6.20 Å². The van der Waals surface area contributed by atoms with E-state index in [-0.39, 0.29) is 25.3 Å². The van der Waals surface area contributed by atoms with Gasteiger partial charge in [0.2, 0.25) is 5.91 Å². The summed E-state index contributed by atoms with van der Waals surface area (Å²) >= 11 is 0. The number of halogens is 6. The largest absolute Gasteiger partial charge is 0.495 e. The molecule has 0 N–H and O–H groups in total. The SMILES string of the molecule is CC(C)([C@@H]1CCN(c2ccc(-c3cnc[n+](OC(=O)C(F)(F)F)c3)cc2)C(=O)C1)S(=O)(=O)c1cccc(C(F)(F)F)c1. The van der Waals surface area contributed by atoms with Gasteiger partial charge in [0.15, 0.2) is 16.0 Å². The topological polar surface area (TPSA) is 97.5 Å². The Morgan fingerprint density at radius 1 is 1.02 bits per heavy atom. The second-order valence-corrected chi connectivity index (χ2v) is 12.7. The molecule has 1 fully saturated rings. The van der Waals surface area contributed by atoms with E-state index in [9.17, 15) is 44.3 Å². The third-order valence-corrected chi connectivity index (χ3v) is 9.76. The Balaban J connectivity index is 1.48. The zero-order valence-corrected chi connectivity index (χ0v) is 22.9. The maximum Gasteiger partial charge on any atom is 0.495 e.